The van der Waals surface area contributed by atoms with Gasteiger partial charge in [-0.25, -0.2) is 4.39 Å². The van der Waals surface area contributed by atoms with Crippen LogP contribution in [0.4, 0.5) is 4.39 Å². The Labute approximate surface area is 238 Å². The highest BCUT2D eigenvalue weighted by atomic mass is 28.4. The SMILES string of the molecule is CN(Cc1ccc(=O)[nH]c1)C(=O)c1ccc(C[C@@H]2CC[C@H]([C@H](O[Si](C)(C)C(C)(C)C)c3ccc(F)cc3)C2)cc1. The van der Waals surface area contributed by atoms with Gasteiger partial charge in [0.2, 0.25) is 5.56 Å². The number of aromatic amines is 1. The Hall–Kier alpha value is -3.03. The Morgan fingerprint density at radius 1 is 1.02 bits per heavy atom. The number of aromatic nitrogens is 1. The van der Waals surface area contributed by atoms with Crippen LogP contribution in [0.15, 0.2) is 71.7 Å². The second kappa shape index (κ2) is 12.2. The third-order valence-electron chi connectivity index (χ3n) is 8.78. The molecule has 40 heavy (non-hydrogen) atoms. The number of amides is 1. The number of pyridine rings is 1. The summed E-state index contributed by atoms with van der Waals surface area (Å²) >= 11 is 0. The van der Waals surface area contributed by atoms with Crippen LogP contribution in [-0.4, -0.2) is 31.2 Å². The third-order valence-corrected chi connectivity index (χ3v) is 13.2. The minimum atomic E-state index is -2.03. The van der Waals surface area contributed by atoms with Gasteiger partial charge in [-0.1, -0.05) is 51.1 Å². The van der Waals surface area contributed by atoms with Gasteiger partial charge >= 0.3 is 0 Å². The lowest BCUT2D eigenvalue weighted by Gasteiger charge is -2.41. The molecule has 1 amide bonds. The summed E-state index contributed by atoms with van der Waals surface area (Å²) in [4.78, 5) is 28.5. The number of H-pyrrole nitrogens is 1. The third kappa shape index (κ3) is 7.37. The van der Waals surface area contributed by atoms with Crippen LogP contribution in [-0.2, 0) is 17.4 Å². The van der Waals surface area contributed by atoms with E-state index in [0.29, 0.717) is 23.9 Å². The van der Waals surface area contributed by atoms with Crippen molar-refractivity contribution in [3.05, 3.63) is 105 Å². The molecule has 7 heteroatoms. The van der Waals surface area contributed by atoms with Gasteiger partial charge in [0.25, 0.3) is 5.91 Å². The van der Waals surface area contributed by atoms with E-state index in [1.807, 2.05) is 24.3 Å². The molecule has 0 aliphatic heterocycles. The van der Waals surface area contributed by atoms with E-state index in [9.17, 15) is 14.0 Å². The van der Waals surface area contributed by atoms with Crippen LogP contribution in [0.1, 0.15) is 73.2 Å². The zero-order chi connectivity index (χ0) is 29.1. The molecule has 0 spiro atoms. The summed E-state index contributed by atoms with van der Waals surface area (Å²) in [5.74, 6) is 0.666. The number of benzene rings is 2. The maximum atomic E-state index is 13.7. The lowest BCUT2D eigenvalue weighted by molar-refractivity contribution is 0.0785. The Morgan fingerprint density at radius 3 is 2.27 bits per heavy atom. The van der Waals surface area contributed by atoms with Gasteiger partial charge in [-0.2, -0.15) is 0 Å². The maximum Gasteiger partial charge on any atom is 0.253 e. The Bertz CT molecular complexity index is 1330. The van der Waals surface area contributed by atoms with Crippen LogP contribution in [0.2, 0.25) is 18.1 Å². The zero-order valence-electron chi connectivity index (χ0n) is 24.7. The molecule has 5 nitrogen and oxygen atoms in total. The Balaban J connectivity index is 1.40. The van der Waals surface area contributed by atoms with Crippen molar-refractivity contribution in [1.29, 1.82) is 0 Å². The van der Waals surface area contributed by atoms with E-state index in [2.05, 4.69) is 51.0 Å². The molecule has 1 heterocycles. The summed E-state index contributed by atoms with van der Waals surface area (Å²) in [6, 6.07) is 18.0. The molecule has 1 N–H and O–H groups in total. The van der Waals surface area contributed by atoms with Gasteiger partial charge < -0.3 is 14.3 Å². The highest BCUT2D eigenvalue weighted by Gasteiger charge is 2.42. The topological polar surface area (TPSA) is 62.4 Å². The number of rotatable bonds is 9. The van der Waals surface area contributed by atoms with Gasteiger partial charge in [0.1, 0.15) is 5.82 Å². The van der Waals surface area contributed by atoms with Crippen molar-refractivity contribution >= 4 is 14.2 Å². The summed E-state index contributed by atoms with van der Waals surface area (Å²) in [6.07, 6.45) is 5.87. The lowest BCUT2D eigenvalue weighted by Crippen LogP contribution is -2.43. The van der Waals surface area contributed by atoms with E-state index < -0.39 is 8.32 Å². The van der Waals surface area contributed by atoms with Crippen LogP contribution < -0.4 is 5.56 Å². The first kappa shape index (κ1) is 29.9. The van der Waals surface area contributed by atoms with Crippen molar-refractivity contribution in [2.24, 2.45) is 11.8 Å². The van der Waals surface area contributed by atoms with Crippen LogP contribution in [0, 0.1) is 17.7 Å². The average molecular weight is 563 g/mol. The molecule has 1 fully saturated rings. The molecule has 0 unspecified atom stereocenters. The molecule has 1 aliphatic carbocycles. The first-order chi connectivity index (χ1) is 18.8. The first-order valence-electron chi connectivity index (χ1n) is 14.3. The van der Waals surface area contributed by atoms with Crippen molar-refractivity contribution in [3.63, 3.8) is 0 Å². The second-order valence-corrected chi connectivity index (χ2v) is 17.7. The fraction of sp³-hybridized carbons (Fsp3) is 0.455. The summed E-state index contributed by atoms with van der Waals surface area (Å²) in [5, 5.41) is 0.0938. The second-order valence-electron chi connectivity index (χ2n) is 12.9. The monoisotopic (exact) mass is 562 g/mol. The molecule has 3 atom stereocenters. The summed E-state index contributed by atoms with van der Waals surface area (Å²) in [6.45, 7) is 11.8. The molecule has 0 radical (unpaired) electrons. The normalized spacial score (nSPS) is 18.5. The molecule has 0 saturated heterocycles. The van der Waals surface area contributed by atoms with E-state index in [4.69, 9.17) is 4.43 Å². The van der Waals surface area contributed by atoms with Crippen molar-refractivity contribution in [2.45, 2.75) is 77.2 Å². The molecule has 0 bridgehead atoms. The van der Waals surface area contributed by atoms with Crippen LogP contribution in [0.3, 0.4) is 0 Å². The number of halogens is 1. The fourth-order valence-corrected chi connectivity index (χ4v) is 6.70. The number of nitrogens with zero attached hydrogens (tertiary/aromatic N) is 1. The molecule has 214 valence electrons. The summed E-state index contributed by atoms with van der Waals surface area (Å²) in [7, 11) is -0.260. The molecule has 1 saturated carbocycles. The van der Waals surface area contributed by atoms with Gasteiger partial charge in [0.05, 0.1) is 6.10 Å². The van der Waals surface area contributed by atoms with Crippen molar-refractivity contribution in [1.82, 2.24) is 9.88 Å². The predicted molar refractivity (Wildman–Crippen MR) is 161 cm³/mol. The number of hydrogen-bond donors (Lipinski definition) is 1. The van der Waals surface area contributed by atoms with E-state index in [1.165, 1.54) is 11.6 Å². The van der Waals surface area contributed by atoms with E-state index >= 15 is 0 Å². The Kier molecular flexibility index (Phi) is 9.15. The molecule has 3 aromatic rings. The van der Waals surface area contributed by atoms with E-state index in [1.54, 1.807) is 36.3 Å². The largest absolute Gasteiger partial charge is 0.410 e. The minimum Gasteiger partial charge on any atom is -0.410 e. The number of carbonyl (C=O) groups is 1. The van der Waals surface area contributed by atoms with Crippen LogP contribution in [0.25, 0.3) is 0 Å². The summed E-state index contributed by atoms with van der Waals surface area (Å²) < 4.78 is 20.7. The van der Waals surface area contributed by atoms with E-state index in [-0.39, 0.29) is 28.4 Å². The molecule has 1 aromatic heterocycles. The standard InChI is InChI=1S/C33H43FN2O3Si/c1-33(2,3)40(5,6)39-31(26-14-16-29(34)17-15-26)28-13-9-24(20-28)19-23-7-11-27(12-8-23)32(38)36(4)22-25-10-18-30(37)35-21-25/h7-8,10-12,14-18,21,24,28,31H,9,13,19-20,22H2,1-6H3,(H,35,37)/t24-,28-,31+/m0/s1. The van der Waals surface area contributed by atoms with Crippen LogP contribution >= 0.6 is 0 Å². The zero-order valence-corrected chi connectivity index (χ0v) is 25.7. The molecular formula is C33H43FN2O3Si. The van der Waals surface area contributed by atoms with Crippen LogP contribution in [0.5, 0.6) is 0 Å². The smallest absolute Gasteiger partial charge is 0.253 e. The van der Waals surface area contributed by atoms with Crippen molar-refractivity contribution in [3.8, 4) is 0 Å². The maximum absolute atomic E-state index is 13.7. The van der Waals surface area contributed by atoms with Gasteiger partial charge in [0.15, 0.2) is 8.32 Å². The molecule has 1 aliphatic rings. The molecule has 2 aromatic carbocycles. The lowest BCUT2D eigenvalue weighted by atomic mass is 9.91. The quantitative estimate of drug-likeness (QED) is 0.275. The first-order valence-corrected chi connectivity index (χ1v) is 17.2. The highest BCUT2D eigenvalue weighted by molar-refractivity contribution is 6.74. The predicted octanol–water partition coefficient (Wildman–Crippen LogP) is 7.51. The molecule has 4 rings (SSSR count). The number of carbonyl (C=O) groups excluding carboxylic acids is 1. The molecular weight excluding hydrogens is 519 g/mol. The number of hydrogen-bond acceptors (Lipinski definition) is 3. The average Bonchev–Trinajstić information content (AvgIpc) is 3.36. The van der Waals surface area contributed by atoms with E-state index in [0.717, 1.165) is 36.8 Å². The number of nitrogens with one attached hydrogen (secondary N) is 1. The van der Waals surface area contributed by atoms with Gasteiger partial charge in [0, 0.05) is 31.4 Å². The van der Waals surface area contributed by atoms with Gasteiger partial charge in [-0.05, 0) is 96.6 Å². The van der Waals surface area contributed by atoms with Gasteiger partial charge in [-0.3, -0.25) is 9.59 Å². The fourth-order valence-electron chi connectivity index (χ4n) is 5.38. The van der Waals surface area contributed by atoms with Crippen molar-refractivity contribution < 1.29 is 13.6 Å². The Morgan fingerprint density at radius 2 is 1.68 bits per heavy atom. The van der Waals surface area contributed by atoms with Crippen molar-refractivity contribution in [2.75, 3.05) is 7.05 Å². The summed E-state index contributed by atoms with van der Waals surface area (Å²) in [5.41, 5.74) is 3.68. The van der Waals surface area contributed by atoms with Gasteiger partial charge in [-0.15, -0.1) is 0 Å². The highest BCUT2D eigenvalue weighted by Crippen LogP contribution is 2.47. The minimum absolute atomic E-state index is 0.0236.